The van der Waals surface area contributed by atoms with E-state index in [9.17, 15) is 0 Å². The van der Waals surface area contributed by atoms with Crippen molar-refractivity contribution < 1.29 is 0 Å². The number of hydrogen-bond acceptors (Lipinski definition) is 3. The molecule has 2 atom stereocenters. The van der Waals surface area contributed by atoms with Crippen LogP contribution in [0.1, 0.15) is 18.5 Å². The van der Waals surface area contributed by atoms with Crippen LogP contribution < -0.4 is 5.32 Å². The van der Waals surface area contributed by atoms with Crippen molar-refractivity contribution >= 4 is 0 Å². The van der Waals surface area contributed by atoms with E-state index in [-0.39, 0.29) is 0 Å². The van der Waals surface area contributed by atoms with Gasteiger partial charge in [0.15, 0.2) is 0 Å². The maximum atomic E-state index is 3.60. The second kappa shape index (κ2) is 6.32. The maximum Gasteiger partial charge on any atom is 0.0323 e. The third-order valence-corrected chi connectivity index (χ3v) is 3.70. The minimum absolute atomic E-state index is 0.512. The Bertz CT molecular complexity index is 350. The molecule has 1 heterocycles. The molecule has 1 aliphatic heterocycles. The van der Waals surface area contributed by atoms with Gasteiger partial charge in [0.1, 0.15) is 0 Å². The van der Waals surface area contributed by atoms with Gasteiger partial charge < -0.3 is 10.2 Å². The average Bonchev–Trinajstić information content (AvgIpc) is 2.38. The molecule has 3 heteroatoms. The number of hydrogen-bond donors (Lipinski definition) is 1. The molecule has 0 radical (unpaired) electrons. The zero-order valence-electron chi connectivity index (χ0n) is 11.8. The summed E-state index contributed by atoms with van der Waals surface area (Å²) in [6.45, 7) is 6.79. The Labute approximate surface area is 111 Å². The van der Waals surface area contributed by atoms with Gasteiger partial charge in [-0.15, -0.1) is 0 Å². The van der Waals surface area contributed by atoms with Crippen molar-refractivity contribution in [3.8, 4) is 0 Å². The number of nitrogens with one attached hydrogen (secondary N) is 1. The Hall–Kier alpha value is -0.900. The Morgan fingerprint density at radius 3 is 2.72 bits per heavy atom. The summed E-state index contributed by atoms with van der Waals surface area (Å²) < 4.78 is 0. The van der Waals surface area contributed by atoms with E-state index in [0.29, 0.717) is 12.1 Å². The lowest BCUT2D eigenvalue weighted by atomic mass is 10.0. The number of nitrogens with zero attached hydrogens (tertiary/aromatic N) is 2. The molecule has 1 aromatic carbocycles. The molecule has 1 saturated heterocycles. The van der Waals surface area contributed by atoms with E-state index >= 15 is 0 Å². The Morgan fingerprint density at radius 2 is 2.06 bits per heavy atom. The van der Waals surface area contributed by atoms with Gasteiger partial charge in [0.2, 0.25) is 0 Å². The van der Waals surface area contributed by atoms with Crippen molar-refractivity contribution in [1.29, 1.82) is 0 Å². The zero-order chi connectivity index (χ0) is 13.0. The largest absolute Gasteiger partial charge is 0.310 e. The summed E-state index contributed by atoms with van der Waals surface area (Å²) >= 11 is 0. The fourth-order valence-electron chi connectivity index (χ4n) is 2.71. The quantitative estimate of drug-likeness (QED) is 0.871. The number of piperazine rings is 1. The first kappa shape index (κ1) is 13.5. The fourth-order valence-corrected chi connectivity index (χ4v) is 2.71. The number of rotatable bonds is 4. The molecule has 0 amide bonds. The minimum atomic E-state index is 0.512. The van der Waals surface area contributed by atoms with Crippen molar-refractivity contribution in [2.24, 2.45) is 0 Å². The van der Waals surface area contributed by atoms with Crippen LogP contribution in [-0.2, 0) is 0 Å². The van der Waals surface area contributed by atoms with E-state index in [1.807, 2.05) is 0 Å². The molecular formula is C15H25N3. The molecule has 100 valence electrons. The van der Waals surface area contributed by atoms with Crippen molar-refractivity contribution in [3.05, 3.63) is 35.9 Å². The summed E-state index contributed by atoms with van der Waals surface area (Å²) in [5, 5.41) is 3.60. The van der Waals surface area contributed by atoms with Gasteiger partial charge in [0.05, 0.1) is 0 Å². The van der Waals surface area contributed by atoms with Crippen LogP contribution in [0.25, 0.3) is 0 Å². The summed E-state index contributed by atoms with van der Waals surface area (Å²) in [5.74, 6) is 0. The second-order valence-corrected chi connectivity index (χ2v) is 5.49. The highest BCUT2D eigenvalue weighted by atomic mass is 15.2. The molecule has 1 aromatic rings. The molecule has 2 rings (SSSR count). The standard InChI is InChI=1S/C15H25N3/c1-13(14-7-5-4-6-8-14)18-10-9-16-15(12-18)11-17(2)3/h4-8,13,15-16H,9-12H2,1-3H3. The Balaban J connectivity index is 1.96. The van der Waals surface area contributed by atoms with Crippen molar-refractivity contribution in [1.82, 2.24) is 15.1 Å². The molecule has 2 unspecified atom stereocenters. The van der Waals surface area contributed by atoms with Crippen LogP contribution in [0.3, 0.4) is 0 Å². The molecule has 3 nitrogen and oxygen atoms in total. The van der Waals surface area contributed by atoms with E-state index in [1.54, 1.807) is 0 Å². The molecule has 1 N–H and O–H groups in total. The van der Waals surface area contributed by atoms with Crippen LogP contribution in [-0.4, -0.2) is 56.1 Å². The van der Waals surface area contributed by atoms with Crippen molar-refractivity contribution in [2.75, 3.05) is 40.3 Å². The Kier molecular flexibility index (Phi) is 4.75. The van der Waals surface area contributed by atoms with Gasteiger partial charge in [-0.1, -0.05) is 30.3 Å². The molecule has 1 aliphatic rings. The third kappa shape index (κ3) is 3.55. The van der Waals surface area contributed by atoms with E-state index in [4.69, 9.17) is 0 Å². The van der Waals surface area contributed by atoms with Crippen LogP contribution in [0.4, 0.5) is 0 Å². The summed E-state index contributed by atoms with van der Waals surface area (Å²) in [6.07, 6.45) is 0. The van der Waals surface area contributed by atoms with Crippen LogP contribution in [0.2, 0.25) is 0 Å². The van der Waals surface area contributed by atoms with Gasteiger partial charge in [-0.25, -0.2) is 0 Å². The van der Waals surface area contributed by atoms with Crippen LogP contribution in [0, 0.1) is 0 Å². The predicted octanol–water partition coefficient (Wildman–Crippen LogP) is 1.58. The second-order valence-electron chi connectivity index (χ2n) is 5.49. The van der Waals surface area contributed by atoms with Gasteiger partial charge in [-0.3, -0.25) is 4.90 Å². The molecule has 0 aliphatic carbocycles. The monoisotopic (exact) mass is 247 g/mol. The lowest BCUT2D eigenvalue weighted by molar-refractivity contribution is 0.139. The summed E-state index contributed by atoms with van der Waals surface area (Å²) in [4.78, 5) is 4.84. The van der Waals surface area contributed by atoms with Gasteiger partial charge in [-0.2, -0.15) is 0 Å². The summed E-state index contributed by atoms with van der Waals surface area (Å²) in [7, 11) is 4.28. The Morgan fingerprint density at radius 1 is 1.33 bits per heavy atom. The minimum Gasteiger partial charge on any atom is -0.310 e. The first-order valence-corrected chi connectivity index (χ1v) is 6.84. The molecule has 0 aromatic heterocycles. The number of benzene rings is 1. The van der Waals surface area contributed by atoms with Crippen LogP contribution in [0.15, 0.2) is 30.3 Å². The van der Waals surface area contributed by atoms with Gasteiger partial charge in [0.25, 0.3) is 0 Å². The molecule has 0 spiro atoms. The highest BCUT2D eigenvalue weighted by molar-refractivity contribution is 5.18. The molecule has 0 saturated carbocycles. The smallest absolute Gasteiger partial charge is 0.0323 e. The highest BCUT2D eigenvalue weighted by Crippen LogP contribution is 2.20. The lowest BCUT2D eigenvalue weighted by Crippen LogP contribution is -2.54. The van der Waals surface area contributed by atoms with Crippen molar-refractivity contribution in [3.63, 3.8) is 0 Å². The van der Waals surface area contributed by atoms with E-state index in [2.05, 4.69) is 66.5 Å². The lowest BCUT2D eigenvalue weighted by Gasteiger charge is -2.38. The van der Waals surface area contributed by atoms with Crippen molar-refractivity contribution in [2.45, 2.75) is 19.0 Å². The molecule has 18 heavy (non-hydrogen) atoms. The van der Waals surface area contributed by atoms with Crippen LogP contribution in [0.5, 0.6) is 0 Å². The third-order valence-electron chi connectivity index (χ3n) is 3.70. The fraction of sp³-hybridized carbons (Fsp3) is 0.600. The van der Waals surface area contributed by atoms with E-state index < -0.39 is 0 Å². The average molecular weight is 247 g/mol. The SMILES string of the molecule is CC(c1ccccc1)N1CCNC(CN(C)C)C1. The maximum absolute atomic E-state index is 3.60. The molecule has 0 bridgehead atoms. The van der Waals surface area contributed by atoms with Gasteiger partial charge in [-0.05, 0) is 26.6 Å². The van der Waals surface area contributed by atoms with Gasteiger partial charge in [0, 0.05) is 38.3 Å². The predicted molar refractivity (Wildman–Crippen MR) is 76.8 cm³/mol. The normalized spacial score (nSPS) is 23.2. The highest BCUT2D eigenvalue weighted by Gasteiger charge is 2.23. The number of likely N-dealkylation sites (N-methyl/N-ethyl adjacent to an activating group) is 1. The molecule has 1 fully saturated rings. The molecular weight excluding hydrogens is 222 g/mol. The first-order valence-electron chi connectivity index (χ1n) is 6.84. The van der Waals surface area contributed by atoms with Crippen LogP contribution >= 0.6 is 0 Å². The zero-order valence-corrected chi connectivity index (χ0v) is 11.8. The topological polar surface area (TPSA) is 18.5 Å². The van der Waals surface area contributed by atoms with E-state index in [1.165, 1.54) is 5.56 Å². The van der Waals surface area contributed by atoms with E-state index in [0.717, 1.165) is 26.2 Å². The summed E-state index contributed by atoms with van der Waals surface area (Å²) in [5.41, 5.74) is 1.42. The summed E-state index contributed by atoms with van der Waals surface area (Å²) in [6, 6.07) is 11.9. The van der Waals surface area contributed by atoms with Gasteiger partial charge >= 0.3 is 0 Å². The first-order chi connectivity index (χ1) is 8.66.